The first-order chi connectivity index (χ1) is 14.4. The Balaban J connectivity index is 1.58. The Labute approximate surface area is 171 Å². The normalized spacial score (nSPS) is 19.2. The molecule has 9 nitrogen and oxygen atoms in total. The molecule has 30 heavy (non-hydrogen) atoms. The highest BCUT2D eigenvalue weighted by atomic mass is 16.3. The van der Waals surface area contributed by atoms with Crippen LogP contribution in [0, 0.1) is 0 Å². The molecule has 9 heteroatoms. The average molecular weight is 408 g/mol. The van der Waals surface area contributed by atoms with Crippen molar-refractivity contribution in [3.8, 4) is 0 Å². The summed E-state index contributed by atoms with van der Waals surface area (Å²) in [7, 11) is 3.40. The molecule has 1 fully saturated rings. The van der Waals surface area contributed by atoms with E-state index in [1.807, 2.05) is 30.5 Å². The Morgan fingerprint density at radius 2 is 2.03 bits per heavy atom. The lowest BCUT2D eigenvalue weighted by Crippen LogP contribution is -2.39. The van der Waals surface area contributed by atoms with E-state index in [-0.39, 0.29) is 24.2 Å². The molecule has 3 aromatic heterocycles. The van der Waals surface area contributed by atoms with Crippen molar-refractivity contribution < 1.29 is 5.11 Å². The molecule has 3 heterocycles. The van der Waals surface area contributed by atoms with Crippen molar-refractivity contribution in [2.45, 2.75) is 38.0 Å². The molecule has 3 N–H and O–H groups in total. The third-order valence-electron chi connectivity index (χ3n) is 6.06. The lowest BCUT2D eigenvalue weighted by atomic mass is 10.1. The number of aromatic nitrogens is 5. The van der Waals surface area contributed by atoms with Crippen molar-refractivity contribution in [3.63, 3.8) is 0 Å². The summed E-state index contributed by atoms with van der Waals surface area (Å²) in [5.41, 5.74) is 1.78. The standard InChI is InChI=1S/C21H24N6O3/c1-25-17-18(24-20(25)23-14-5-6-15(28)10-14)26(2)21(30)27(19(17)29)11-12-3-4-13-7-8-22-16(13)9-12/h3-4,7-9,14-15,22,28H,5-6,10-11H2,1-2H3,(H,23,24). The van der Waals surface area contributed by atoms with Crippen LogP contribution in [0.15, 0.2) is 40.1 Å². The van der Waals surface area contributed by atoms with Crippen LogP contribution in [-0.4, -0.2) is 40.9 Å². The highest BCUT2D eigenvalue weighted by Gasteiger charge is 2.25. The maximum atomic E-state index is 13.3. The second kappa shape index (κ2) is 6.88. The van der Waals surface area contributed by atoms with Crippen LogP contribution in [0.3, 0.4) is 0 Å². The van der Waals surface area contributed by atoms with Gasteiger partial charge in [0, 0.05) is 31.9 Å². The van der Waals surface area contributed by atoms with Gasteiger partial charge >= 0.3 is 5.69 Å². The van der Waals surface area contributed by atoms with Gasteiger partial charge in [-0.15, -0.1) is 0 Å². The van der Waals surface area contributed by atoms with Gasteiger partial charge in [0.25, 0.3) is 5.56 Å². The first-order valence-corrected chi connectivity index (χ1v) is 10.1. The number of anilines is 1. The summed E-state index contributed by atoms with van der Waals surface area (Å²) >= 11 is 0. The van der Waals surface area contributed by atoms with Gasteiger partial charge in [-0.25, -0.2) is 4.79 Å². The predicted molar refractivity (Wildman–Crippen MR) is 115 cm³/mol. The third kappa shape index (κ3) is 2.93. The molecule has 2 atom stereocenters. The molecular formula is C21H24N6O3. The Bertz CT molecular complexity index is 1380. The smallest absolute Gasteiger partial charge is 0.332 e. The molecule has 0 saturated heterocycles. The molecule has 2 unspecified atom stereocenters. The van der Waals surface area contributed by atoms with Crippen molar-refractivity contribution in [2.24, 2.45) is 14.1 Å². The van der Waals surface area contributed by atoms with E-state index in [4.69, 9.17) is 0 Å². The van der Waals surface area contributed by atoms with Gasteiger partial charge in [-0.1, -0.05) is 12.1 Å². The molecule has 0 aliphatic heterocycles. The number of nitrogens with one attached hydrogen (secondary N) is 2. The predicted octanol–water partition coefficient (Wildman–Crippen LogP) is 1.29. The maximum Gasteiger partial charge on any atom is 0.332 e. The van der Waals surface area contributed by atoms with Crippen LogP contribution in [0.25, 0.3) is 22.1 Å². The fourth-order valence-electron chi connectivity index (χ4n) is 4.36. The van der Waals surface area contributed by atoms with E-state index in [1.54, 1.807) is 18.7 Å². The molecule has 1 aliphatic carbocycles. The number of hydrogen-bond donors (Lipinski definition) is 3. The Morgan fingerprint density at radius 1 is 1.20 bits per heavy atom. The minimum absolute atomic E-state index is 0.0993. The zero-order chi connectivity index (χ0) is 21.0. The van der Waals surface area contributed by atoms with Crippen LogP contribution < -0.4 is 16.6 Å². The fourth-order valence-corrected chi connectivity index (χ4v) is 4.36. The fraction of sp³-hybridized carbons (Fsp3) is 0.381. The molecular weight excluding hydrogens is 384 g/mol. The van der Waals surface area contributed by atoms with Gasteiger partial charge in [0.15, 0.2) is 11.2 Å². The first kappa shape index (κ1) is 18.7. The molecule has 1 aliphatic rings. The second-order valence-corrected chi connectivity index (χ2v) is 8.11. The van der Waals surface area contributed by atoms with Crippen molar-refractivity contribution in [3.05, 3.63) is 56.9 Å². The van der Waals surface area contributed by atoms with E-state index < -0.39 is 5.69 Å². The second-order valence-electron chi connectivity index (χ2n) is 8.11. The Kier molecular flexibility index (Phi) is 4.28. The minimum Gasteiger partial charge on any atom is -0.393 e. The van der Waals surface area contributed by atoms with Gasteiger partial charge in [0.2, 0.25) is 5.95 Å². The molecule has 0 radical (unpaired) electrons. The van der Waals surface area contributed by atoms with Crippen LogP contribution in [0.1, 0.15) is 24.8 Å². The number of aliphatic hydroxyl groups is 1. The van der Waals surface area contributed by atoms with Crippen LogP contribution in [-0.2, 0) is 20.6 Å². The number of imidazole rings is 1. The van der Waals surface area contributed by atoms with Gasteiger partial charge in [-0.3, -0.25) is 13.9 Å². The van der Waals surface area contributed by atoms with Crippen molar-refractivity contribution >= 4 is 28.0 Å². The van der Waals surface area contributed by atoms with E-state index in [1.165, 1.54) is 9.13 Å². The van der Waals surface area contributed by atoms with E-state index in [0.717, 1.165) is 29.3 Å². The minimum atomic E-state index is -0.403. The van der Waals surface area contributed by atoms with E-state index >= 15 is 0 Å². The van der Waals surface area contributed by atoms with Crippen LogP contribution in [0.5, 0.6) is 0 Å². The number of rotatable bonds is 4. The lowest BCUT2D eigenvalue weighted by Gasteiger charge is -2.12. The summed E-state index contributed by atoms with van der Waals surface area (Å²) in [6.45, 7) is 0.180. The van der Waals surface area contributed by atoms with Crippen LogP contribution in [0.2, 0.25) is 0 Å². The Hall–Kier alpha value is -3.33. The van der Waals surface area contributed by atoms with E-state index in [0.29, 0.717) is 23.5 Å². The van der Waals surface area contributed by atoms with Gasteiger partial charge in [0.05, 0.1) is 12.6 Å². The van der Waals surface area contributed by atoms with E-state index in [9.17, 15) is 14.7 Å². The number of H-pyrrole nitrogens is 1. The summed E-state index contributed by atoms with van der Waals surface area (Å²) < 4.78 is 4.36. The first-order valence-electron chi connectivity index (χ1n) is 10.1. The third-order valence-corrected chi connectivity index (χ3v) is 6.06. The van der Waals surface area contributed by atoms with Crippen molar-refractivity contribution in [1.29, 1.82) is 0 Å². The summed E-state index contributed by atoms with van der Waals surface area (Å²) in [4.78, 5) is 33.9. The zero-order valence-corrected chi connectivity index (χ0v) is 16.9. The number of nitrogens with zero attached hydrogens (tertiary/aromatic N) is 4. The monoisotopic (exact) mass is 408 g/mol. The molecule has 1 saturated carbocycles. The summed E-state index contributed by atoms with van der Waals surface area (Å²) in [6.07, 6.45) is 3.79. The highest BCUT2D eigenvalue weighted by molar-refractivity contribution is 5.80. The van der Waals surface area contributed by atoms with Gasteiger partial charge in [-0.05, 0) is 42.3 Å². The zero-order valence-electron chi connectivity index (χ0n) is 16.9. The number of fused-ring (bicyclic) bond motifs is 2. The van der Waals surface area contributed by atoms with E-state index in [2.05, 4.69) is 15.3 Å². The number of aliphatic hydroxyl groups excluding tert-OH is 1. The molecule has 0 amide bonds. The lowest BCUT2D eigenvalue weighted by molar-refractivity contribution is 0.182. The molecule has 5 rings (SSSR count). The quantitative estimate of drug-likeness (QED) is 0.471. The summed E-state index contributed by atoms with van der Waals surface area (Å²) in [6, 6.07) is 7.92. The number of aryl methyl sites for hydroxylation is 2. The topological polar surface area (TPSA) is 110 Å². The van der Waals surface area contributed by atoms with Crippen molar-refractivity contribution in [2.75, 3.05) is 5.32 Å². The summed E-state index contributed by atoms with van der Waals surface area (Å²) in [5, 5.41) is 14.2. The number of aromatic amines is 1. The Morgan fingerprint density at radius 3 is 2.80 bits per heavy atom. The van der Waals surface area contributed by atoms with Gasteiger partial charge in [0.1, 0.15) is 0 Å². The number of benzene rings is 1. The van der Waals surface area contributed by atoms with Crippen molar-refractivity contribution in [1.82, 2.24) is 23.7 Å². The molecule has 4 aromatic rings. The maximum absolute atomic E-state index is 13.3. The largest absolute Gasteiger partial charge is 0.393 e. The van der Waals surface area contributed by atoms with Gasteiger partial charge in [-0.2, -0.15) is 4.98 Å². The molecule has 1 aromatic carbocycles. The SMILES string of the molecule is Cn1c(NC2CCC(O)C2)nc2c1c(=O)n(Cc1ccc3cc[nH]c3c1)c(=O)n2C. The van der Waals surface area contributed by atoms with Gasteiger partial charge < -0.3 is 20.0 Å². The number of hydrogen-bond acceptors (Lipinski definition) is 5. The highest BCUT2D eigenvalue weighted by Crippen LogP contribution is 2.23. The summed E-state index contributed by atoms with van der Waals surface area (Å²) in [5.74, 6) is 0.529. The molecule has 0 spiro atoms. The molecule has 156 valence electrons. The van der Waals surface area contributed by atoms with Crippen LogP contribution >= 0.6 is 0 Å². The van der Waals surface area contributed by atoms with Crippen LogP contribution in [0.4, 0.5) is 5.95 Å². The average Bonchev–Trinajstić information content (AvgIpc) is 3.43. The molecule has 0 bridgehead atoms.